The summed E-state index contributed by atoms with van der Waals surface area (Å²) in [5.74, 6) is 0.787. The first-order valence-corrected chi connectivity index (χ1v) is 7.79. The van der Waals surface area contributed by atoms with Crippen LogP contribution in [-0.4, -0.2) is 10.5 Å². The average Bonchev–Trinajstić information content (AvgIpc) is 2.43. The standard InChI is InChI=1S/C17H21BrN2O/c1-17(2,3)20-10-15-7-8-16(11-19-15)21-12-13-5-4-6-14(18)9-13/h4-9,11,20H,10,12H2,1-3H3. The van der Waals surface area contributed by atoms with Gasteiger partial charge < -0.3 is 10.1 Å². The lowest BCUT2D eigenvalue weighted by atomic mass is 10.1. The van der Waals surface area contributed by atoms with Crippen LogP contribution in [0.1, 0.15) is 32.0 Å². The van der Waals surface area contributed by atoms with Crippen molar-refractivity contribution in [3.8, 4) is 5.75 Å². The zero-order valence-corrected chi connectivity index (χ0v) is 14.3. The number of halogens is 1. The van der Waals surface area contributed by atoms with Gasteiger partial charge in [-0.2, -0.15) is 0 Å². The molecule has 3 nitrogen and oxygen atoms in total. The minimum absolute atomic E-state index is 0.0948. The Labute approximate surface area is 134 Å². The third-order valence-electron chi connectivity index (χ3n) is 2.89. The quantitative estimate of drug-likeness (QED) is 0.873. The normalized spacial score (nSPS) is 11.4. The number of ether oxygens (including phenoxy) is 1. The Balaban J connectivity index is 1.87. The summed E-state index contributed by atoms with van der Waals surface area (Å²) < 4.78 is 6.80. The van der Waals surface area contributed by atoms with E-state index < -0.39 is 0 Å². The monoisotopic (exact) mass is 348 g/mol. The molecule has 1 N–H and O–H groups in total. The Kier molecular flexibility index (Phi) is 5.37. The Morgan fingerprint density at radius 2 is 2.00 bits per heavy atom. The van der Waals surface area contributed by atoms with Gasteiger partial charge in [-0.25, -0.2) is 0 Å². The highest BCUT2D eigenvalue weighted by Crippen LogP contribution is 2.15. The molecular weight excluding hydrogens is 328 g/mol. The van der Waals surface area contributed by atoms with Crippen molar-refractivity contribution in [1.29, 1.82) is 0 Å². The largest absolute Gasteiger partial charge is 0.487 e. The highest BCUT2D eigenvalue weighted by atomic mass is 79.9. The first-order chi connectivity index (χ1) is 9.92. The molecule has 4 heteroatoms. The van der Waals surface area contributed by atoms with Gasteiger partial charge in [0.2, 0.25) is 0 Å². The van der Waals surface area contributed by atoms with E-state index in [2.05, 4.69) is 53.1 Å². The predicted molar refractivity (Wildman–Crippen MR) is 89.3 cm³/mol. The van der Waals surface area contributed by atoms with Crippen molar-refractivity contribution in [3.63, 3.8) is 0 Å². The third-order valence-corrected chi connectivity index (χ3v) is 3.39. The average molecular weight is 349 g/mol. The first-order valence-electron chi connectivity index (χ1n) is 6.99. The number of hydrogen-bond donors (Lipinski definition) is 1. The molecule has 0 spiro atoms. The van der Waals surface area contributed by atoms with Crippen LogP contribution in [0.15, 0.2) is 47.1 Å². The molecule has 112 valence electrons. The van der Waals surface area contributed by atoms with Gasteiger partial charge in [0.15, 0.2) is 0 Å². The Morgan fingerprint density at radius 1 is 1.19 bits per heavy atom. The molecule has 0 atom stereocenters. The lowest BCUT2D eigenvalue weighted by Gasteiger charge is -2.20. The van der Waals surface area contributed by atoms with Crippen molar-refractivity contribution >= 4 is 15.9 Å². The lowest BCUT2D eigenvalue weighted by molar-refractivity contribution is 0.304. The van der Waals surface area contributed by atoms with Gasteiger partial charge in [0.05, 0.1) is 11.9 Å². The second kappa shape index (κ2) is 7.05. The second-order valence-electron chi connectivity index (χ2n) is 6.01. The van der Waals surface area contributed by atoms with Gasteiger partial charge in [0.25, 0.3) is 0 Å². The van der Waals surface area contributed by atoms with E-state index in [1.165, 1.54) is 0 Å². The highest BCUT2D eigenvalue weighted by molar-refractivity contribution is 9.10. The molecule has 0 fully saturated rings. The van der Waals surface area contributed by atoms with Crippen LogP contribution in [0.5, 0.6) is 5.75 Å². The molecule has 0 saturated heterocycles. The minimum atomic E-state index is 0.0948. The van der Waals surface area contributed by atoms with Crippen molar-refractivity contribution in [3.05, 3.63) is 58.3 Å². The molecule has 0 aliphatic carbocycles. The summed E-state index contributed by atoms with van der Waals surface area (Å²) in [5.41, 5.74) is 2.24. The number of benzene rings is 1. The fraction of sp³-hybridized carbons (Fsp3) is 0.353. The molecule has 0 saturated carbocycles. The molecular formula is C17H21BrN2O. The summed E-state index contributed by atoms with van der Waals surface area (Å²) in [6, 6.07) is 12.1. The number of nitrogens with one attached hydrogen (secondary N) is 1. The van der Waals surface area contributed by atoms with Gasteiger partial charge in [-0.15, -0.1) is 0 Å². The van der Waals surface area contributed by atoms with E-state index in [0.29, 0.717) is 6.61 Å². The fourth-order valence-corrected chi connectivity index (χ4v) is 2.20. The molecule has 0 aliphatic rings. The van der Waals surface area contributed by atoms with Gasteiger partial charge in [-0.3, -0.25) is 4.98 Å². The Morgan fingerprint density at radius 3 is 2.62 bits per heavy atom. The molecule has 21 heavy (non-hydrogen) atoms. The second-order valence-corrected chi connectivity index (χ2v) is 6.92. The van der Waals surface area contributed by atoms with Crippen LogP contribution >= 0.6 is 15.9 Å². The number of nitrogens with zero attached hydrogens (tertiary/aromatic N) is 1. The van der Waals surface area contributed by atoms with Crippen LogP contribution in [0.2, 0.25) is 0 Å². The van der Waals surface area contributed by atoms with Crippen LogP contribution in [0.3, 0.4) is 0 Å². The SMILES string of the molecule is CC(C)(C)NCc1ccc(OCc2cccc(Br)c2)cn1. The van der Waals surface area contributed by atoms with E-state index in [1.807, 2.05) is 30.3 Å². The number of pyridine rings is 1. The van der Waals surface area contributed by atoms with Gasteiger partial charge in [-0.05, 0) is 50.6 Å². The number of aromatic nitrogens is 1. The van der Waals surface area contributed by atoms with E-state index in [1.54, 1.807) is 6.20 Å². The van der Waals surface area contributed by atoms with Crippen molar-refractivity contribution < 1.29 is 4.74 Å². The maximum atomic E-state index is 5.74. The molecule has 0 unspecified atom stereocenters. The third kappa shape index (κ3) is 5.86. The summed E-state index contributed by atoms with van der Waals surface area (Å²) >= 11 is 3.46. The summed E-state index contributed by atoms with van der Waals surface area (Å²) in [7, 11) is 0. The summed E-state index contributed by atoms with van der Waals surface area (Å²) in [6.45, 7) is 7.73. The lowest BCUT2D eigenvalue weighted by Crippen LogP contribution is -2.35. The van der Waals surface area contributed by atoms with Gasteiger partial charge in [0.1, 0.15) is 12.4 Å². The molecule has 1 aromatic heterocycles. The van der Waals surface area contributed by atoms with Crippen LogP contribution in [0, 0.1) is 0 Å². The summed E-state index contributed by atoms with van der Waals surface area (Å²) in [5, 5.41) is 3.41. The van der Waals surface area contributed by atoms with Crippen LogP contribution in [0.4, 0.5) is 0 Å². The van der Waals surface area contributed by atoms with Gasteiger partial charge >= 0.3 is 0 Å². The number of rotatable bonds is 5. The van der Waals surface area contributed by atoms with Crippen molar-refractivity contribution in [2.45, 2.75) is 39.5 Å². The zero-order chi connectivity index (χ0) is 15.3. The van der Waals surface area contributed by atoms with Crippen LogP contribution in [0.25, 0.3) is 0 Å². The van der Waals surface area contributed by atoms with E-state index >= 15 is 0 Å². The van der Waals surface area contributed by atoms with Gasteiger partial charge in [0, 0.05) is 16.6 Å². The van der Waals surface area contributed by atoms with Crippen LogP contribution < -0.4 is 10.1 Å². The first kappa shape index (κ1) is 16.0. The molecule has 1 heterocycles. The molecule has 0 radical (unpaired) electrons. The van der Waals surface area contributed by atoms with Crippen molar-refractivity contribution in [2.24, 2.45) is 0 Å². The van der Waals surface area contributed by atoms with Crippen LogP contribution in [-0.2, 0) is 13.2 Å². The predicted octanol–water partition coefficient (Wildman–Crippen LogP) is 4.31. The minimum Gasteiger partial charge on any atom is -0.487 e. The van der Waals surface area contributed by atoms with Crippen molar-refractivity contribution in [1.82, 2.24) is 10.3 Å². The smallest absolute Gasteiger partial charge is 0.138 e. The summed E-state index contributed by atoms with van der Waals surface area (Å²) in [4.78, 5) is 4.41. The maximum Gasteiger partial charge on any atom is 0.138 e. The Bertz CT molecular complexity index is 576. The number of hydrogen-bond acceptors (Lipinski definition) is 3. The topological polar surface area (TPSA) is 34.1 Å². The molecule has 0 amide bonds. The van der Waals surface area contributed by atoms with E-state index in [-0.39, 0.29) is 5.54 Å². The maximum absolute atomic E-state index is 5.74. The van der Waals surface area contributed by atoms with E-state index in [0.717, 1.165) is 28.0 Å². The van der Waals surface area contributed by atoms with Crippen molar-refractivity contribution in [2.75, 3.05) is 0 Å². The Hall–Kier alpha value is -1.39. The molecule has 0 aliphatic heterocycles. The van der Waals surface area contributed by atoms with E-state index in [4.69, 9.17) is 4.74 Å². The fourth-order valence-electron chi connectivity index (χ4n) is 1.75. The molecule has 2 aromatic rings. The van der Waals surface area contributed by atoms with Gasteiger partial charge in [-0.1, -0.05) is 28.1 Å². The summed E-state index contributed by atoms with van der Waals surface area (Å²) in [6.07, 6.45) is 1.78. The zero-order valence-electron chi connectivity index (χ0n) is 12.7. The highest BCUT2D eigenvalue weighted by Gasteiger charge is 2.08. The molecule has 2 rings (SSSR count). The van der Waals surface area contributed by atoms with E-state index in [9.17, 15) is 0 Å². The molecule has 1 aromatic carbocycles. The molecule has 0 bridgehead atoms.